The number of aromatic nitrogens is 2. The minimum atomic E-state index is -3.53. The lowest BCUT2D eigenvalue weighted by molar-refractivity contribution is 0.0306. The lowest BCUT2D eigenvalue weighted by Gasteiger charge is -2.22. The molecule has 0 amide bonds. The number of sulfonamides is 1. The first kappa shape index (κ1) is 19.2. The van der Waals surface area contributed by atoms with Crippen molar-refractivity contribution in [2.45, 2.75) is 45.1 Å². The summed E-state index contributed by atoms with van der Waals surface area (Å²) in [4.78, 5) is 0. The molecule has 8 heteroatoms. The smallest absolute Gasteiger partial charge is 0.235 e. The van der Waals surface area contributed by atoms with Crippen molar-refractivity contribution in [1.29, 1.82) is 0 Å². The van der Waals surface area contributed by atoms with E-state index in [1.54, 1.807) is 10.7 Å². The summed E-state index contributed by atoms with van der Waals surface area (Å²) >= 11 is 6.29. The Morgan fingerprint density at radius 3 is 2.77 bits per heavy atom. The molecule has 3 rings (SSSR count). The lowest BCUT2D eigenvalue weighted by Crippen LogP contribution is -2.31. The zero-order valence-electron chi connectivity index (χ0n) is 15.0. The molecule has 1 saturated heterocycles. The number of nitrogens with one attached hydrogen (secondary N) is 1. The highest BCUT2D eigenvalue weighted by molar-refractivity contribution is 7.92. The predicted molar refractivity (Wildman–Crippen MR) is 104 cm³/mol. The zero-order chi connectivity index (χ0) is 18.7. The van der Waals surface area contributed by atoms with Crippen LogP contribution in [0.2, 0.25) is 5.02 Å². The maximum absolute atomic E-state index is 12.6. The molecule has 2 aromatic rings. The van der Waals surface area contributed by atoms with Gasteiger partial charge in [0.25, 0.3) is 0 Å². The first-order valence-electron chi connectivity index (χ1n) is 8.82. The van der Waals surface area contributed by atoms with Crippen LogP contribution in [-0.4, -0.2) is 36.7 Å². The van der Waals surface area contributed by atoms with Gasteiger partial charge in [-0.15, -0.1) is 0 Å². The third-order valence-electron chi connectivity index (χ3n) is 4.38. The molecule has 0 spiro atoms. The average molecular weight is 398 g/mol. The third-order valence-corrected chi connectivity index (χ3v) is 6.04. The van der Waals surface area contributed by atoms with Gasteiger partial charge in [0.1, 0.15) is 0 Å². The fourth-order valence-corrected chi connectivity index (χ4v) is 4.74. The fraction of sp³-hybridized carbons (Fsp3) is 0.500. The molecule has 0 bridgehead atoms. The van der Waals surface area contributed by atoms with E-state index in [-0.39, 0.29) is 17.8 Å². The number of hydrogen-bond acceptors (Lipinski definition) is 4. The van der Waals surface area contributed by atoms with E-state index >= 15 is 0 Å². The molecule has 1 aromatic carbocycles. The minimum Gasteiger partial charge on any atom is -0.377 e. The van der Waals surface area contributed by atoms with Gasteiger partial charge in [-0.3, -0.25) is 4.72 Å². The van der Waals surface area contributed by atoms with E-state index in [0.717, 1.165) is 30.6 Å². The Morgan fingerprint density at radius 1 is 1.35 bits per heavy atom. The molecule has 1 aliphatic rings. The monoisotopic (exact) mass is 397 g/mol. The van der Waals surface area contributed by atoms with Crippen molar-refractivity contribution < 1.29 is 13.2 Å². The van der Waals surface area contributed by atoms with Crippen molar-refractivity contribution in [2.75, 3.05) is 17.1 Å². The molecule has 0 radical (unpaired) electrons. The average Bonchev–Trinajstić information content (AvgIpc) is 2.98. The number of rotatable bonds is 6. The molecular formula is C18H24ClN3O3S. The number of halogens is 1. The summed E-state index contributed by atoms with van der Waals surface area (Å²) in [6.45, 7) is 4.61. The summed E-state index contributed by atoms with van der Waals surface area (Å²) in [7, 11) is -3.53. The van der Waals surface area contributed by atoms with Crippen molar-refractivity contribution in [1.82, 2.24) is 9.78 Å². The Kier molecular flexibility index (Phi) is 5.89. The second kappa shape index (κ2) is 7.98. The quantitative estimate of drug-likeness (QED) is 0.800. The SMILES string of the molecule is CC(C)c1c(NS(=O)(=O)CC2CCCCO2)cnn1-c1ccccc1Cl. The van der Waals surface area contributed by atoms with Gasteiger partial charge in [-0.25, -0.2) is 13.1 Å². The lowest BCUT2D eigenvalue weighted by atomic mass is 10.1. The summed E-state index contributed by atoms with van der Waals surface area (Å²) in [6, 6.07) is 7.36. The van der Waals surface area contributed by atoms with Crippen LogP contribution in [0.25, 0.3) is 5.69 Å². The molecule has 1 N–H and O–H groups in total. The number of ether oxygens (including phenoxy) is 1. The summed E-state index contributed by atoms with van der Waals surface area (Å²) < 4.78 is 35.2. The summed E-state index contributed by atoms with van der Waals surface area (Å²) in [6.07, 6.45) is 4.06. The molecule has 1 unspecified atom stereocenters. The first-order chi connectivity index (χ1) is 12.4. The molecule has 1 aliphatic heterocycles. The fourth-order valence-electron chi connectivity index (χ4n) is 3.20. The van der Waals surface area contributed by atoms with Crippen molar-refractivity contribution in [3.8, 4) is 5.69 Å². The molecular weight excluding hydrogens is 374 g/mol. The number of nitrogens with zero attached hydrogens (tertiary/aromatic N) is 2. The Labute approximate surface area is 159 Å². The van der Waals surface area contributed by atoms with Crippen LogP contribution in [0.1, 0.15) is 44.7 Å². The van der Waals surface area contributed by atoms with Crippen molar-refractivity contribution in [3.63, 3.8) is 0 Å². The summed E-state index contributed by atoms with van der Waals surface area (Å²) in [5, 5.41) is 4.93. The van der Waals surface area contributed by atoms with Crippen LogP contribution < -0.4 is 4.72 Å². The van der Waals surface area contributed by atoms with Gasteiger partial charge < -0.3 is 4.74 Å². The van der Waals surface area contributed by atoms with E-state index in [4.69, 9.17) is 16.3 Å². The Morgan fingerprint density at radius 2 is 2.12 bits per heavy atom. The molecule has 142 valence electrons. The highest BCUT2D eigenvalue weighted by Gasteiger charge is 2.25. The van der Waals surface area contributed by atoms with Gasteiger partial charge in [-0.1, -0.05) is 37.6 Å². The van der Waals surface area contributed by atoms with Gasteiger partial charge >= 0.3 is 0 Å². The van der Waals surface area contributed by atoms with Crippen molar-refractivity contribution in [2.24, 2.45) is 0 Å². The van der Waals surface area contributed by atoms with Crippen LogP contribution in [-0.2, 0) is 14.8 Å². The van der Waals surface area contributed by atoms with Crippen molar-refractivity contribution in [3.05, 3.63) is 41.2 Å². The largest absolute Gasteiger partial charge is 0.377 e. The first-order valence-corrected chi connectivity index (χ1v) is 10.9. The van der Waals surface area contributed by atoms with Crippen LogP contribution >= 0.6 is 11.6 Å². The minimum absolute atomic E-state index is 0.0399. The molecule has 26 heavy (non-hydrogen) atoms. The second-order valence-corrected chi connectivity index (χ2v) is 9.01. The Bertz CT molecular complexity index is 858. The number of benzene rings is 1. The second-order valence-electron chi connectivity index (χ2n) is 6.83. The number of anilines is 1. The van der Waals surface area contributed by atoms with Crippen LogP contribution in [0.15, 0.2) is 30.5 Å². The van der Waals surface area contributed by atoms with E-state index in [9.17, 15) is 8.42 Å². The van der Waals surface area contributed by atoms with Crippen LogP contribution in [0.3, 0.4) is 0 Å². The van der Waals surface area contributed by atoms with Crippen molar-refractivity contribution >= 4 is 27.3 Å². The molecule has 1 atom stereocenters. The molecule has 0 aliphatic carbocycles. The normalized spacial score (nSPS) is 18.2. The van der Waals surface area contributed by atoms with Gasteiger partial charge in [0.2, 0.25) is 10.0 Å². The van der Waals surface area contributed by atoms with E-state index in [1.165, 1.54) is 6.20 Å². The van der Waals surface area contributed by atoms with Gasteiger partial charge in [0, 0.05) is 6.61 Å². The molecule has 2 heterocycles. The zero-order valence-corrected chi connectivity index (χ0v) is 16.6. The topological polar surface area (TPSA) is 73.2 Å². The standard InChI is InChI=1S/C18H24ClN3O3S/c1-13(2)18-16(11-20-22(18)17-9-4-3-8-15(17)19)21-26(23,24)12-14-7-5-6-10-25-14/h3-4,8-9,11,13-14,21H,5-7,10,12H2,1-2H3. The molecule has 0 saturated carbocycles. The van der Waals surface area contributed by atoms with Gasteiger partial charge in [0.15, 0.2) is 0 Å². The van der Waals surface area contributed by atoms with Crippen LogP contribution in [0, 0.1) is 0 Å². The Hall–Kier alpha value is -1.57. The molecule has 1 aromatic heterocycles. The maximum Gasteiger partial charge on any atom is 0.235 e. The van der Waals surface area contributed by atoms with Gasteiger partial charge in [-0.2, -0.15) is 5.10 Å². The maximum atomic E-state index is 12.6. The summed E-state index contributed by atoms with van der Waals surface area (Å²) in [5.41, 5.74) is 1.97. The van der Waals surface area contributed by atoms with Crippen LogP contribution in [0.4, 0.5) is 5.69 Å². The Balaban J connectivity index is 1.87. The molecule has 6 nitrogen and oxygen atoms in total. The number of para-hydroxylation sites is 1. The van der Waals surface area contributed by atoms with Crippen LogP contribution in [0.5, 0.6) is 0 Å². The van der Waals surface area contributed by atoms with E-state index in [0.29, 0.717) is 17.3 Å². The molecule has 1 fully saturated rings. The van der Waals surface area contributed by atoms with Gasteiger partial charge in [0.05, 0.1) is 40.1 Å². The summed E-state index contributed by atoms with van der Waals surface area (Å²) in [5.74, 6) is 0.0133. The highest BCUT2D eigenvalue weighted by atomic mass is 35.5. The third kappa shape index (κ3) is 4.39. The van der Waals surface area contributed by atoms with E-state index in [2.05, 4.69) is 9.82 Å². The van der Waals surface area contributed by atoms with E-state index < -0.39 is 10.0 Å². The highest BCUT2D eigenvalue weighted by Crippen LogP contribution is 2.30. The van der Waals surface area contributed by atoms with Gasteiger partial charge in [-0.05, 0) is 37.3 Å². The number of hydrogen-bond donors (Lipinski definition) is 1. The predicted octanol–water partition coefficient (Wildman–Crippen LogP) is 3.96. The van der Waals surface area contributed by atoms with E-state index in [1.807, 2.05) is 32.0 Å².